The average molecular weight is 308 g/mol. The molecular formula is C15H24N4OS. The van der Waals surface area contributed by atoms with Gasteiger partial charge in [-0.05, 0) is 38.8 Å². The molecule has 6 heteroatoms. The van der Waals surface area contributed by atoms with Crippen LogP contribution in [0.2, 0.25) is 0 Å². The zero-order chi connectivity index (χ0) is 14.7. The molecule has 1 N–H and O–H groups in total. The van der Waals surface area contributed by atoms with E-state index in [0.717, 1.165) is 43.2 Å². The maximum absolute atomic E-state index is 12.3. The van der Waals surface area contributed by atoms with Gasteiger partial charge in [0.15, 0.2) is 5.13 Å². The van der Waals surface area contributed by atoms with Crippen molar-refractivity contribution in [1.29, 1.82) is 0 Å². The largest absolute Gasteiger partial charge is 0.323 e. The van der Waals surface area contributed by atoms with E-state index in [9.17, 15) is 4.79 Å². The number of carbonyl (C=O) groups excluding carboxylic acids is 1. The lowest BCUT2D eigenvalue weighted by atomic mass is 10.2. The van der Waals surface area contributed by atoms with Crippen LogP contribution in [0.15, 0.2) is 5.38 Å². The van der Waals surface area contributed by atoms with Gasteiger partial charge in [-0.1, -0.05) is 13.3 Å². The summed E-state index contributed by atoms with van der Waals surface area (Å²) >= 11 is 1.52. The molecule has 3 rings (SSSR count). The van der Waals surface area contributed by atoms with E-state index in [2.05, 4.69) is 22.1 Å². The fourth-order valence-corrected chi connectivity index (χ4v) is 3.97. The molecule has 2 aliphatic heterocycles. The highest BCUT2D eigenvalue weighted by Crippen LogP contribution is 2.22. The number of likely N-dealkylation sites (tertiary alicyclic amines) is 2. The third-order valence-electron chi connectivity index (χ3n) is 4.38. The van der Waals surface area contributed by atoms with Crippen LogP contribution in [-0.2, 0) is 6.42 Å². The Kier molecular flexibility index (Phi) is 4.75. The van der Waals surface area contributed by atoms with Crippen LogP contribution in [0.1, 0.15) is 38.3 Å². The van der Waals surface area contributed by atoms with Gasteiger partial charge in [0.25, 0.3) is 0 Å². The molecule has 3 heterocycles. The minimum Gasteiger partial charge on any atom is -0.323 e. The summed E-state index contributed by atoms with van der Waals surface area (Å²) in [5.74, 6) is 0. The standard InChI is InChI=1S/C15H24N4OS/c1-2-5-12-11-21-14(16-12)17-15(20)19-9-6-13(10-19)18-7-3-4-8-18/h11,13H,2-10H2,1H3,(H,16,17,20). The lowest BCUT2D eigenvalue weighted by molar-refractivity contribution is 0.210. The van der Waals surface area contributed by atoms with E-state index in [-0.39, 0.29) is 6.03 Å². The van der Waals surface area contributed by atoms with Gasteiger partial charge in [-0.2, -0.15) is 0 Å². The number of thiazole rings is 1. The summed E-state index contributed by atoms with van der Waals surface area (Å²) in [6.45, 7) is 6.26. The van der Waals surface area contributed by atoms with Crippen molar-refractivity contribution in [2.75, 3.05) is 31.5 Å². The summed E-state index contributed by atoms with van der Waals surface area (Å²) in [7, 11) is 0. The molecule has 5 nitrogen and oxygen atoms in total. The summed E-state index contributed by atoms with van der Waals surface area (Å²) < 4.78 is 0. The molecular weight excluding hydrogens is 284 g/mol. The number of amides is 2. The van der Waals surface area contributed by atoms with Crippen molar-refractivity contribution in [3.05, 3.63) is 11.1 Å². The zero-order valence-corrected chi connectivity index (χ0v) is 13.5. The van der Waals surface area contributed by atoms with Crippen LogP contribution >= 0.6 is 11.3 Å². The first-order valence-corrected chi connectivity index (χ1v) is 8.88. The van der Waals surface area contributed by atoms with Crippen LogP contribution in [0.4, 0.5) is 9.93 Å². The van der Waals surface area contributed by atoms with Gasteiger partial charge in [-0.15, -0.1) is 11.3 Å². The van der Waals surface area contributed by atoms with Gasteiger partial charge in [-0.25, -0.2) is 9.78 Å². The fraction of sp³-hybridized carbons (Fsp3) is 0.733. The topological polar surface area (TPSA) is 48.5 Å². The molecule has 2 amide bonds. The first kappa shape index (κ1) is 14.8. The number of rotatable bonds is 4. The van der Waals surface area contributed by atoms with Crippen molar-refractivity contribution in [1.82, 2.24) is 14.8 Å². The van der Waals surface area contributed by atoms with E-state index >= 15 is 0 Å². The highest BCUT2D eigenvalue weighted by molar-refractivity contribution is 7.13. The van der Waals surface area contributed by atoms with Crippen LogP contribution < -0.4 is 5.32 Å². The summed E-state index contributed by atoms with van der Waals surface area (Å²) in [6, 6.07) is 0.569. The number of urea groups is 1. The van der Waals surface area contributed by atoms with Crippen molar-refractivity contribution < 1.29 is 4.79 Å². The number of aryl methyl sites for hydroxylation is 1. The van der Waals surface area contributed by atoms with Gasteiger partial charge >= 0.3 is 6.03 Å². The van der Waals surface area contributed by atoms with Crippen molar-refractivity contribution in [3.63, 3.8) is 0 Å². The number of hydrogen-bond donors (Lipinski definition) is 1. The SMILES string of the molecule is CCCc1csc(NC(=O)N2CCC(N3CCCC3)C2)n1. The molecule has 0 saturated carbocycles. The van der Waals surface area contributed by atoms with Crippen molar-refractivity contribution in [3.8, 4) is 0 Å². The number of carbonyl (C=O) groups is 1. The van der Waals surface area contributed by atoms with Crippen LogP contribution in [-0.4, -0.2) is 53.0 Å². The molecule has 1 unspecified atom stereocenters. The molecule has 0 radical (unpaired) electrons. The molecule has 1 atom stereocenters. The minimum absolute atomic E-state index is 0.00842. The van der Waals surface area contributed by atoms with E-state index in [1.165, 1.54) is 37.3 Å². The highest BCUT2D eigenvalue weighted by atomic mass is 32.1. The van der Waals surface area contributed by atoms with Crippen LogP contribution in [0.3, 0.4) is 0 Å². The zero-order valence-electron chi connectivity index (χ0n) is 12.7. The van der Waals surface area contributed by atoms with Crippen molar-refractivity contribution in [2.24, 2.45) is 0 Å². The van der Waals surface area contributed by atoms with E-state index in [0.29, 0.717) is 6.04 Å². The molecule has 0 bridgehead atoms. The number of aromatic nitrogens is 1. The van der Waals surface area contributed by atoms with Gasteiger partial charge < -0.3 is 4.90 Å². The Morgan fingerprint density at radius 2 is 2.24 bits per heavy atom. The molecule has 0 aliphatic carbocycles. The molecule has 2 aliphatic rings. The van der Waals surface area contributed by atoms with E-state index in [4.69, 9.17) is 0 Å². The third-order valence-corrected chi connectivity index (χ3v) is 5.19. The van der Waals surface area contributed by atoms with Crippen LogP contribution in [0.25, 0.3) is 0 Å². The Morgan fingerprint density at radius 3 is 3.00 bits per heavy atom. The molecule has 0 aromatic carbocycles. The molecule has 116 valence electrons. The minimum atomic E-state index is 0.00842. The predicted octanol–water partition coefficient (Wildman–Crippen LogP) is 2.80. The van der Waals surface area contributed by atoms with E-state index < -0.39 is 0 Å². The summed E-state index contributed by atoms with van der Waals surface area (Å²) in [5, 5.41) is 5.72. The second-order valence-electron chi connectivity index (χ2n) is 5.96. The quantitative estimate of drug-likeness (QED) is 0.930. The molecule has 0 spiro atoms. The Labute approximate surface area is 130 Å². The average Bonchev–Trinajstić information content (AvgIpc) is 3.20. The second-order valence-corrected chi connectivity index (χ2v) is 6.81. The lowest BCUT2D eigenvalue weighted by Crippen LogP contribution is -2.38. The maximum Gasteiger partial charge on any atom is 0.323 e. The molecule has 2 fully saturated rings. The third kappa shape index (κ3) is 3.55. The number of nitrogens with zero attached hydrogens (tertiary/aromatic N) is 3. The van der Waals surface area contributed by atoms with Crippen LogP contribution in [0, 0.1) is 0 Å². The monoisotopic (exact) mass is 308 g/mol. The van der Waals surface area contributed by atoms with Crippen molar-refractivity contribution >= 4 is 22.5 Å². The summed E-state index contributed by atoms with van der Waals surface area (Å²) in [5.41, 5.74) is 1.08. The smallest absolute Gasteiger partial charge is 0.323 e. The van der Waals surface area contributed by atoms with Crippen LogP contribution in [0.5, 0.6) is 0 Å². The lowest BCUT2D eigenvalue weighted by Gasteiger charge is -2.23. The number of hydrogen-bond acceptors (Lipinski definition) is 4. The van der Waals surface area contributed by atoms with Gasteiger partial charge in [-0.3, -0.25) is 10.2 Å². The second kappa shape index (κ2) is 6.75. The van der Waals surface area contributed by atoms with Crippen molar-refractivity contribution in [2.45, 2.75) is 45.1 Å². The van der Waals surface area contributed by atoms with Gasteiger partial charge in [0.05, 0.1) is 5.69 Å². The fourth-order valence-electron chi connectivity index (χ4n) is 3.24. The van der Waals surface area contributed by atoms with E-state index in [1.54, 1.807) is 0 Å². The Balaban J connectivity index is 1.51. The normalized spacial score (nSPS) is 22.9. The van der Waals surface area contributed by atoms with Gasteiger partial charge in [0.2, 0.25) is 0 Å². The molecule has 21 heavy (non-hydrogen) atoms. The van der Waals surface area contributed by atoms with Gasteiger partial charge in [0.1, 0.15) is 0 Å². The van der Waals surface area contributed by atoms with E-state index in [1.807, 2.05) is 10.3 Å². The van der Waals surface area contributed by atoms with Gasteiger partial charge in [0, 0.05) is 24.5 Å². The predicted molar refractivity (Wildman–Crippen MR) is 85.9 cm³/mol. The molecule has 1 aromatic heterocycles. The Morgan fingerprint density at radius 1 is 1.43 bits per heavy atom. The Bertz CT molecular complexity index is 484. The number of nitrogens with one attached hydrogen (secondary N) is 1. The summed E-state index contributed by atoms with van der Waals surface area (Å²) in [6.07, 6.45) is 5.78. The summed E-state index contributed by atoms with van der Waals surface area (Å²) in [4.78, 5) is 21.2. The maximum atomic E-state index is 12.3. The first-order valence-electron chi connectivity index (χ1n) is 8.00. The molecule has 1 aromatic rings. The Hall–Kier alpha value is -1.14. The highest BCUT2D eigenvalue weighted by Gasteiger charge is 2.31. The number of anilines is 1. The molecule has 2 saturated heterocycles. The first-order chi connectivity index (χ1) is 10.3.